The molecule has 0 aliphatic heterocycles. The monoisotopic (exact) mass is 113 g/mol. The minimum absolute atomic E-state index is 0.514. The largest absolute Gasteiger partial charge is 0.314 e. The fourth-order valence-electron chi connectivity index (χ4n) is 0.691. The van der Waals surface area contributed by atoms with Crippen LogP contribution in [0.25, 0.3) is 0 Å². The number of hydrogen-bond donors (Lipinski definition) is 1. The first-order valence-corrected chi connectivity index (χ1v) is 3.15. The quantitative estimate of drug-likeness (QED) is 0.545. The van der Waals surface area contributed by atoms with E-state index in [1.54, 1.807) is 0 Å². The van der Waals surface area contributed by atoms with Gasteiger partial charge < -0.3 is 5.32 Å². The molecule has 0 aromatic rings. The second-order valence-electron chi connectivity index (χ2n) is 1.92. The van der Waals surface area contributed by atoms with Crippen molar-refractivity contribution in [2.24, 2.45) is 0 Å². The number of likely N-dealkylation sites (N-methyl/N-ethyl adjacent to an activating group) is 1. The molecule has 1 N–H and O–H groups in total. The third-order valence-corrected chi connectivity index (χ3v) is 1.25. The van der Waals surface area contributed by atoms with Crippen LogP contribution in [0.2, 0.25) is 0 Å². The Hall–Kier alpha value is -0.300. The van der Waals surface area contributed by atoms with E-state index in [1.165, 1.54) is 12.8 Å². The van der Waals surface area contributed by atoms with Gasteiger partial charge in [-0.3, -0.25) is 0 Å². The molecule has 48 valence electrons. The summed E-state index contributed by atoms with van der Waals surface area (Å²) in [6, 6.07) is 0.514. The number of rotatable bonds is 4. The topological polar surface area (TPSA) is 12.0 Å². The molecule has 0 aliphatic rings. The van der Waals surface area contributed by atoms with Crippen molar-refractivity contribution in [2.45, 2.75) is 25.8 Å². The number of hydrogen-bond acceptors (Lipinski definition) is 1. The minimum atomic E-state index is 0.514. The molecule has 0 aliphatic carbocycles. The Morgan fingerprint density at radius 1 is 1.75 bits per heavy atom. The molecule has 0 aromatic carbocycles. The van der Waals surface area contributed by atoms with E-state index >= 15 is 0 Å². The summed E-state index contributed by atoms with van der Waals surface area (Å²) in [5.41, 5.74) is 0. The molecule has 1 atom stereocenters. The smallest absolute Gasteiger partial charge is 0.0244 e. The van der Waals surface area contributed by atoms with Gasteiger partial charge in [0.05, 0.1) is 0 Å². The van der Waals surface area contributed by atoms with E-state index in [0.29, 0.717) is 6.04 Å². The van der Waals surface area contributed by atoms with Gasteiger partial charge in [-0.2, -0.15) is 0 Å². The second kappa shape index (κ2) is 4.85. The van der Waals surface area contributed by atoms with Gasteiger partial charge in [-0.1, -0.05) is 19.4 Å². The summed E-state index contributed by atoms with van der Waals surface area (Å²) in [5.74, 6) is 0. The first kappa shape index (κ1) is 7.70. The van der Waals surface area contributed by atoms with Crippen LogP contribution in [-0.2, 0) is 0 Å². The van der Waals surface area contributed by atoms with Crippen LogP contribution < -0.4 is 5.32 Å². The van der Waals surface area contributed by atoms with Crippen molar-refractivity contribution in [3.8, 4) is 0 Å². The molecule has 8 heavy (non-hydrogen) atoms. The van der Waals surface area contributed by atoms with Crippen molar-refractivity contribution in [3.63, 3.8) is 0 Å². The lowest BCUT2D eigenvalue weighted by Gasteiger charge is -2.07. The van der Waals surface area contributed by atoms with E-state index in [9.17, 15) is 0 Å². The SMILES string of the molecule is C=C[C@H](CCC)NC. The van der Waals surface area contributed by atoms with Crippen molar-refractivity contribution >= 4 is 0 Å². The molecule has 0 bridgehead atoms. The molecular weight excluding hydrogens is 98.1 g/mol. The first-order chi connectivity index (χ1) is 3.85. The van der Waals surface area contributed by atoms with E-state index in [-0.39, 0.29) is 0 Å². The molecule has 1 heteroatoms. The molecule has 0 heterocycles. The average Bonchev–Trinajstić information content (AvgIpc) is 1.83. The van der Waals surface area contributed by atoms with Crippen LogP contribution in [-0.4, -0.2) is 13.1 Å². The Morgan fingerprint density at radius 3 is 2.50 bits per heavy atom. The van der Waals surface area contributed by atoms with Gasteiger partial charge in [0.1, 0.15) is 0 Å². The lowest BCUT2D eigenvalue weighted by molar-refractivity contribution is 0.605. The molecule has 0 saturated heterocycles. The van der Waals surface area contributed by atoms with Crippen LogP contribution in [0.15, 0.2) is 12.7 Å². The van der Waals surface area contributed by atoms with Gasteiger partial charge in [0.2, 0.25) is 0 Å². The van der Waals surface area contributed by atoms with Crippen LogP contribution in [0.5, 0.6) is 0 Å². The Balaban J connectivity index is 3.21. The van der Waals surface area contributed by atoms with Crippen molar-refractivity contribution in [1.29, 1.82) is 0 Å². The number of nitrogens with one attached hydrogen (secondary N) is 1. The van der Waals surface area contributed by atoms with Gasteiger partial charge in [0, 0.05) is 6.04 Å². The molecule has 0 saturated carbocycles. The lowest BCUT2D eigenvalue weighted by atomic mass is 10.2. The summed E-state index contributed by atoms with van der Waals surface area (Å²) in [5, 5.41) is 3.13. The molecule has 1 nitrogen and oxygen atoms in total. The standard InChI is InChI=1S/C7H15N/c1-4-6-7(5-2)8-3/h5,7-8H,2,4,6H2,1,3H3/t7-/m1/s1. The second-order valence-corrected chi connectivity index (χ2v) is 1.92. The van der Waals surface area contributed by atoms with Crippen LogP contribution in [0, 0.1) is 0 Å². The maximum absolute atomic E-state index is 3.69. The van der Waals surface area contributed by atoms with Gasteiger partial charge in [-0.15, -0.1) is 6.58 Å². The van der Waals surface area contributed by atoms with Crippen molar-refractivity contribution < 1.29 is 0 Å². The summed E-state index contributed by atoms with van der Waals surface area (Å²) < 4.78 is 0. The van der Waals surface area contributed by atoms with Crippen molar-refractivity contribution in [2.75, 3.05) is 7.05 Å². The fourth-order valence-corrected chi connectivity index (χ4v) is 0.691. The molecule has 0 rings (SSSR count). The summed E-state index contributed by atoms with van der Waals surface area (Å²) in [4.78, 5) is 0. The van der Waals surface area contributed by atoms with Crippen molar-refractivity contribution in [3.05, 3.63) is 12.7 Å². The minimum Gasteiger partial charge on any atom is -0.314 e. The Kier molecular flexibility index (Phi) is 4.67. The van der Waals surface area contributed by atoms with Crippen LogP contribution in [0.4, 0.5) is 0 Å². The Labute approximate surface area is 51.8 Å². The van der Waals surface area contributed by atoms with Gasteiger partial charge in [-0.05, 0) is 13.5 Å². The molecule has 0 aromatic heterocycles. The van der Waals surface area contributed by atoms with Crippen LogP contribution in [0.1, 0.15) is 19.8 Å². The molecule has 0 unspecified atom stereocenters. The summed E-state index contributed by atoms with van der Waals surface area (Å²) in [6.45, 7) is 5.86. The zero-order valence-corrected chi connectivity index (χ0v) is 5.78. The maximum Gasteiger partial charge on any atom is 0.0244 e. The highest BCUT2D eigenvalue weighted by atomic mass is 14.8. The van der Waals surface area contributed by atoms with Gasteiger partial charge in [-0.25, -0.2) is 0 Å². The van der Waals surface area contributed by atoms with E-state index in [2.05, 4.69) is 18.8 Å². The Bertz CT molecular complexity index is 59.4. The predicted molar refractivity (Wildman–Crippen MR) is 38.0 cm³/mol. The average molecular weight is 113 g/mol. The van der Waals surface area contributed by atoms with Crippen LogP contribution in [0.3, 0.4) is 0 Å². The highest BCUT2D eigenvalue weighted by Crippen LogP contribution is 1.94. The highest BCUT2D eigenvalue weighted by Gasteiger charge is 1.94. The molecule has 0 amide bonds. The molecule has 0 fully saturated rings. The molecule has 0 spiro atoms. The predicted octanol–water partition coefficient (Wildman–Crippen LogP) is 1.56. The van der Waals surface area contributed by atoms with E-state index in [1.807, 2.05) is 13.1 Å². The zero-order valence-electron chi connectivity index (χ0n) is 5.78. The normalized spacial score (nSPS) is 13.2. The first-order valence-electron chi connectivity index (χ1n) is 3.15. The third-order valence-electron chi connectivity index (χ3n) is 1.25. The van der Waals surface area contributed by atoms with Crippen molar-refractivity contribution in [1.82, 2.24) is 5.32 Å². The van der Waals surface area contributed by atoms with E-state index in [4.69, 9.17) is 0 Å². The van der Waals surface area contributed by atoms with E-state index < -0.39 is 0 Å². The summed E-state index contributed by atoms with van der Waals surface area (Å²) in [7, 11) is 1.96. The van der Waals surface area contributed by atoms with Gasteiger partial charge >= 0.3 is 0 Å². The fraction of sp³-hybridized carbons (Fsp3) is 0.714. The maximum atomic E-state index is 3.69. The molecule has 0 radical (unpaired) electrons. The van der Waals surface area contributed by atoms with E-state index in [0.717, 1.165) is 0 Å². The zero-order chi connectivity index (χ0) is 6.41. The highest BCUT2D eigenvalue weighted by molar-refractivity contribution is 4.83. The summed E-state index contributed by atoms with van der Waals surface area (Å²) >= 11 is 0. The van der Waals surface area contributed by atoms with Crippen LogP contribution >= 0.6 is 0 Å². The third kappa shape index (κ3) is 2.80. The molecular formula is C7H15N. The summed E-state index contributed by atoms with van der Waals surface area (Å²) in [6.07, 6.45) is 4.36. The Morgan fingerprint density at radius 2 is 2.38 bits per heavy atom. The lowest BCUT2D eigenvalue weighted by Crippen LogP contribution is -2.21. The van der Waals surface area contributed by atoms with Gasteiger partial charge in [0.25, 0.3) is 0 Å². The van der Waals surface area contributed by atoms with Gasteiger partial charge in [0.15, 0.2) is 0 Å².